The van der Waals surface area contributed by atoms with Crippen LogP contribution in [0.1, 0.15) is 67.7 Å². The molecule has 0 heterocycles. The maximum absolute atomic E-state index is 12.6. The molecule has 0 radical (unpaired) electrons. The van der Waals surface area contributed by atoms with Crippen molar-refractivity contribution in [3.05, 3.63) is 0 Å². The fourth-order valence-electron chi connectivity index (χ4n) is 2.94. The molecule has 0 aromatic heterocycles. The minimum absolute atomic E-state index is 0.0293. The van der Waals surface area contributed by atoms with Crippen molar-refractivity contribution in [1.82, 2.24) is 9.80 Å². The summed E-state index contributed by atoms with van der Waals surface area (Å²) < 4.78 is 0. The Balaban J connectivity index is 2.99. The Hall–Kier alpha value is -1.06. The van der Waals surface area contributed by atoms with Gasteiger partial charge in [-0.2, -0.15) is 0 Å². The third kappa shape index (κ3) is 3.78. The lowest BCUT2D eigenvalue weighted by atomic mass is 9.70. The van der Waals surface area contributed by atoms with Gasteiger partial charge in [-0.25, -0.2) is 0 Å². The van der Waals surface area contributed by atoms with E-state index in [1.54, 1.807) is 18.9 Å². The summed E-state index contributed by atoms with van der Waals surface area (Å²) in [4.78, 5) is 28.3. The summed E-state index contributed by atoms with van der Waals surface area (Å²) in [6.45, 7) is 14.2. The summed E-state index contributed by atoms with van der Waals surface area (Å²) in [5, 5.41) is 0. The van der Waals surface area contributed by atoms with E-state index in [-0.39, 0.29) is 17.2 Å². The van der Waals surface area contributed by atoms with E-state index in [4.69, 9.17) is 0 Å². The smallest absolute Gasteiger partial charge is 0.229 e. The van der Waals surface area contributed by atoms with Crippen molar-refractivity contribution < 1.29 is 9.59 Å². The predicted molar refractivity (Wildman–Crippen MR) is 85.6 cm³/mol. The van der Waals surface area contributed by atoms with Crippen molar-refractivity contribution in [1.29, 1.82) is 0 Å². The van der Waals surface area contributed by atoms with Crippen LogP contribution in [-0.2, 0) is 9.59 Å². The van der Waals surface area contributed by atoms with Gasteiger partial charge in [0.25, 0.3) is 0 Å². The molecule has 1 rings (SSSR count). The molecule has 21 heavy (non-hydrogen) atoms. The molecule has 1 aliphatic carbocycles. The Morgan fingerprint density at radius 1 is 1.10 bits per heavy atom. The van der Waals surface area contributed by atoms with Gasteiger partial charge in [0.1, 0.15) is 5.66 Å². The first-order chi connectivity index (χ1) is 9.31. The molecule has 0 unspecified atom stereocenters. The zero-order chi connectivity index (χ0) is 16.6. The highest BCUT2D eigenvalue weighted by Crippen LogP contribution is 2.42. The molecule has 4 heteroatoms. The number of hydrogen-bond donors (Lipinski definition) is 0. The van der Waals surface area contributed by atoms with Gasteiger partial charge < -0.3 is 9.80 Å². The van der Waals surface area contributed by atoms with E-state index in [0.29, 0.717) is 0 Å². The van der Waals surface area contributed by atoms with Gasteiger partial charge in [0.05, 0.1) is 0 Å². The van der Waals surface area contributed by atoms with E-state index in [9.17, 15) is 9.59 Å². The van der Waals surface area contributed by atoms with Gasteiger partial charge in [-0.1, -0.05) is 34.1 Å². The van der Waals surface area contributed by atoms with Crippen LogP contribution >= 0.6 is 0 Å². The average Bonchev–Trinajstić information content (AvgIpc) is 2.29. The van der Waals surface area contributed by atoms with Gasteiger partial charge in [0, 0.05) is 25.9 Å². The van der Waals surface area contributed by atoms with Crippen LogP contribution in [-0.4, -0.2) is 40.9 Å². The quantitative estimate of drug-likeness (QED) is 0.747. The zero-order valence-electron chi connectivity index (χ0n) is 15.0. The van der Waals surface area contributed by atoms with Crippen molar-refractivity contribution in [2.45, 2.75) is 73.4 Å². The standard InChI is InChI=1S/C17H32N2O2/c1-13(20)19(12-17(7)10-9-11-17)16(5,6)18(8)14(21)15(2,3)4/h9-12H2,1-8H3. The molecule has 1 fully saturated rings. The molecule has 0 saturated heterocycles. The highest BCUT2D eigenvalue weighted by atomic mass is 16.2. The maximum atomic E-state index is 12.6. The van der Waals surface area contributed by atoms with Crippen molar-refractivity contribution in [2.75, 3.05) is 13.6 Å². The van der Waals surface area contributed by atoms with Crippen LogP contribution < -0.4 is 0 Å². The molecule has 0 N–H and O–H groups in total. The van der Waals surface area contributed by atoms with Gasteiger partial charge in [-0.05, 0) is 32.1 Å². The highest BCUT2D eigenvalue weighted by molar-refractivity contribution is 5.83. The Morgan fingerprint density at radius 3 is 1.86 bits per heavy atom. The monoisotopic (exact) mass is 296 g/mol. The first-order valence-corrected chi connectivity index (χ1v) is 7.88. The lowest BCUT2D eigenvalue weighted by molar-refractivity contribution is -0.160. The van der Waals surface area contributed by atoms with Gasteiger partial charge >= 0.3 is 0 Å². The van der Waals surface area contributed by atoms with Crippen LogP contribution in [0, 0.1) is 10.8 Å². The summed E-state index contributed by atoms with van der Waals surface area (Å²) in [7, 11) is 1.80. The highest BCUT2D eigenvalue weighted by Gasteiger charge is 2.43. The summed E-state index contributed by atoms with van der Waals surface area (Å²) in [5.41, 5.74) is -0.863. The normalized spacial score (nSPS) is 17.9. The fraction of sp³-hybridized carbons (Fsp3) is 0.882. The number of carbonyl (C=O) groups is 2. The topological polar surface area (TPSA) is 40.6 Å². The molecule has 2 amide bonds. The number of carbonyl (C=O) groups excluding carboxylic acids is 2. The summed E-state index contributed by atoms with van der Waals surface area (Å²) >= 11 is 0. The molecular weight excluding hydrogens is 264 g/mol. The minimum Gasteiger partial charge on any atom is -0.323 e. The van der Waals surface area contributed by atoms with Crippen molar-refractivity contribution >= 4 is 11.8 Å². The molecule has 0 spiro atoms. The second-order valence-corrected chi connectivity index (χ2v) is 8.38. The van der Waals surface area contributed by atoms with Gasteiger partial charge in [0.2, 0.25) is 11.8 Å². The van der Waals surface area contributed by atoms with Crippen LogP contribution in [0.4, 0.5) is 0 Å². The van der Waals surface area contributed by atoms with Crippen LogP contribution in [0.2, 0.25) is 0 Å². The van der Waals surface area contributed by atoms with Crippen LogP contribution in [0.3, 0.4) is 0 Å². The van der Waals surface area contributed by atoms with Crippen LogP contribution in [0.25, 0.3) is 0 Å². The fourth-order valence-corrected chi connectivity index (χ4v) is 2.94. The number of rotatable bonds is 4. The molecule has 122 valence electrons. The Labute approximate surface area is 129 Å². The van der Waals surface area contributed by atoms with Gasteiger partial charge in [-0.3, -0.25) is 9.59 Å². The minimum atomic E-state index is -0.616. The molecular formula is C17H32N2O2. The largest absolute Gasteiger partial charge is 0.323 e. The molecule has 1 aliphatic rings. The summed E-state index contributed by atoms with van der Waals surface area (Å²) in [5.74, 6) is 0.0826. The van der Waals surface area contributed by atoms with Crippen LogP contribution in [0.5, 0.6) is 0 Å². The third-order valence-corrected chi connectivity index (χ3v) is 4.91. The van der Waals surface area contributed by atoms with E-state index in [1.807, 2.05) is 39.5 Å². The van der Waals surface area contributed by atoms with E-state index >= 15 is 0 Å². The van der Waals surface area contributed by atoms with E-state index < -0.39 is 11.1 Å². The number of hydrogen-bond acceptors (Lipinski definition) is 2. The third-order valence-electron chi connectivity index (χ3n) is 4.91. The average molecular weight is 296 g/mol. The Bertz CT molecular complexity index is 417. The Morgan fingerprint density at radius 2 is 1.57 bits per heavy atom. The van der Waals surface area contributed by atoms with Gasteiger partial charge in [-0.15, -0.1) is 0 Å². The molecule has 1 saturated carbocycles. The number of nitrogens with zero attached hydrogens (tertiary/aromatic N) is 2. The first kappa shape index (κ1) is 18.0. The zero-order valence-corrected chi connectivity index (χ0v) is 15.0. The second-order valence-electron chi connectivity index (χ2n) is 8.38. The van der Waals surface area contributed by atoms with Gasteiger partial charge in [0.15, 0.2) is 0 Å². The molecule has 0 bridgehead atoms. The Kier molecular flexibility index (Phi) is 4.81. The van der Waals surface area contributed by atoms with Crippen LogP contribution in [0.15, 0.2) is 0 Å². The van der Waals surface area contributed by atoms with E-state index in [0.717, 1.165) is 19.4 Å². The second kappa shape index (κ2) is 5.62. The van der Waals surface area contributed by atoms with Crippen molar-refractivity contribution in [3.8, 4) is 0 Å². The SMILES string of the molecule is CC(=O)N(CC1(C)CCC1)C(C)(C)N(C)C(=O)C(C)(C)C. The predicted octanol–water partition coefficient (Wildman–Crippen LogP) is 3.27. The first-order valence-electron chi connectivity index (χ1n) is 7.88. The molecule has 0 aliphatic heterocycles. The lowest BCUT2D eigenvalue weighted by Crippen LogP contribution is -2.62. The molecule has 0 atom stereocenters. The lowest BCUT2D eigenvalue weighted by Gasteiger charge is -2.51. The number of amides is 2. The maximum Gasteiger partial charge on any atom is 0.229 e. The molecule has 4 nitrogen and oxygen atoms in total. The molecule has 0 aromatic carbocycles. The molecule has 0 aromatic rings. The van der Waals surface area contributed by atoms with E-state index in [2.05, 4.69) is 6.92 Å². The van der Waals surface area contributed by atoms with Crippen molar-refractivity contribution in [2.24, 2.45) is 10.8 Å². The summed E-state index contributed by atoms with van der Waals surface area (Å²) in [6, 6.07) is 0. The van der Waals surface area contributed by atoms with Crippen molar-refractivity contribution in [3.63, 3.8) is 0 Å². The summed E-state index contributed by atoms with van der Waals surface area (Å²) in [6.07, 6.45) is 3.55. The van der Waals surface area contributed by atoms with E-state index in [1.165, 1.54) is 6.42 Å².